The van der Waals surface area contributed by atoms with E-state index in [1.165, 1.54) is 29.2 Å². The zero-order chi connectivity index (χ0) is 21.5. The number of amides is 2. The second-order valence-corrected chi connectivity index (χ2v) is 7.89. The van der Waals surface area contributed by atoms with E-state index >= 15 is 0 Å². The molecule has 0 aliphatic carbocycles. The van der Waals surface area contributed by atoms with Gasteiger partial charge in [-0.05, 0) is 56.7 Å². The van der Waals surface area contributed by atoms with Crippen LogP contribution in [-0.4, -0.2) is 27.1 Å². The van der Waals surface area contributed by atoms with Crippen LogP contribution >= 0.6 is 0 Å². The topological polar surface area (TPSA) is 67.2 Å². The molecule has 0 bridgehead atoms. The molecule has 1 aliphatic heterocycles. The van der Waals surface area contributed by atoms with Crippen molar-refractivity contribution in [3.05, 3.63) is 82.9 Å². The van der Waals surface area contributed by atoms with E-state index in [1.807, 2.05) is 31.2 Å². The number of aryl methyl sites for hydroxylation is 2. The third-order valence-electron chi connectivity index (χ3n) is 5.42. The summed E-state index contributed by atoms with van der Waals surface area (Å²) in [6.07, 6.45) is 0. The largest absolute Gasteiger partial charge is 0.350 e. The Morgan fingerprint density at radius 2 is 1.80 bits per heavy atom. The molecule has 1 N–H and O–H groups in total. The molecule has 0 radical (unpaired) electrons. The maximum Gasteiger partial charge on any atom is 0.277 e. The molecule has 30 heavy (non-hydrogen) atoms. The fourth-order valence-electron chi connectivity index (χ4n) is 3.78. The van der Waals surface area contributed by atoms with Gasteiger partial charge in [0, 0.05) is 12.2 Å². The molecule has 7 heteroatoms. The number of nitrogens with one attached hydrogen (secondary N) is 1. The molecule has 2 aromatic carbocycles. The molecule has 3 aromatic rings. The monoisotopic (exact) mass is 406 g/mol. The van der Waals surface area contributed by atoms with Gasteiger partial charge in [0.25, 0.3) is 5.91 Å². The highest BCUT2D eigenvalue weighted by molar-refractivity contribution is 6.11. The van der Waals surface area contributed by atoms with E-state index < -0.39 is 11.4 Å². The number of aromatic nitrogens is 2. The molecular weight excluding hydrogens is 383 g/mol. The average molecular weight is 406 g/mol. The summed E-state index contributed by atoms with van der Waals surface area (Å²) in [6.45, 7) is 6.04. The lowest BCUT2D eigenvalue weighted by Crippen LogP contribution is -2.64. The molecule has 4 rings (SSSR count). The quantitative estimate of drug-likeness (QED) is 0.722. The van der Waals surface area contributed by atoms with Gasteiger partial charge >= 0.3 is 0 Å². The molecule has 2 amide bonds. The molecule has 0 saturated heterocycles. The van der Waals surface area contributed by atoms with Gasteiger partial charge in [0.1, 0.15) is 17.1 Å². The maximum atomic E-state index is 13.5. The van der Waals surface area contributed by atoms with Crippen LogP contribution in [0.2, 0.25) is 0 Å². The number of rotatable bonds is 4. The van der Waals surface area contributed by atoms with Gasteiger partial charge in [-0.2, -0.15) is 5.10 Å². The second-order valence-electron chi connectivity index (χ2n) is 7.89. The van der Waals surface area contributed by atoms with E-state index in [4.69, 9.17) is 0 Å². The zero-order valence-electron chi connectivity index (χ0n) is 17.1. The molecule has 154 valence electrons. The molecule has 2 heterocycles. The van der Waals surface area contributed by atoms with Gasteiger partial charge < -0.3 is 5.32 Å². The number of fused-ring (bicyclic) bond motifs is 1. The summed E-state index contributed by atoms with van der Waals surface area (Å²) in [5.74, 6) is -1.06. The van der Waals surface area contributed by atoms with E-state index in [0.29, 0.717) is 23.6 Å². The molecule has 1 unspecified atom stereocenters. The Balaban J connectivity index is 1.69. The minimum Gasteiger partial charge on any atom is -0.350 e. The smallest absolute Gasteiger partial charge is 0.277 e. The van der Waals surface area contributed by atoms with Crippen LogP contribution in [0.4, 0.5) is 10.1 Å². The van der Waals surface area contributed by atoms with E-state index in [0.717, 1.165) is 11.1 Å². The lowest BCUT2D eigenvalue weighted by atomic mass is 9.94. The van der Waals surface area contributed by atoms with Gasteiger partial charge in [-0.15, -0.1) is 0 Å². The van der Waals surface area contributed by atoms with Crippen molar-refractivity contribution in [1.82, 2.24) is 15.1 Å². The van der Waals surface area contributed by atoms with Crippen LogP contribution in [-0.2, 0) is 17.9 Å². The summed E-state index contributed by atoms with van der Waals surface area (Å²) in [7, 11) is 0. The van der Waals surface area contributed by atoms with Crippen molar-refractivity contribution in [2.24, 2.45) is 0 Å². The Morgan fingerprint density at radius 3 is 2.47 bits per heavy atom. The second kappa shape index (κ2) is 7.40. The van der Waals surface area contributed by atoms with E-state index in [9.17, 15) is 14.0 Å². The van der Waals surface area contributed by atoms with Crippen molar-refractivity contribution in [2.45, 2.75) is 39.4 Å². The molecule has 0 saturated carbocycles. The molecule has 0 spiro atoms. The number of nitrogens with zero attached hydrogens (tertiary/aromatic N) is 3. The number of benzene rings is 2. The van der Waals surface area contributed by atoms with Crippen molar-refractivity contribution in [2.75, 3.05) is 4.90 Å². The molecule has 1 aliphatic rings. The molecular formula is C23H23FN4O2. The Labute approximate surface area is 174 Å². The Morgan fingerprint density at radius 1 is 1.13 bits per heavy atom. The highest BCUT2D eigenvalue weighted by Gasteiger charge is 2.48. The van der Waals surface area contributed by atoms with Crippen molar-refractivity contribution in [3.63, 3.8) is 0 Å². The number of hydrogen-bond donors (Lipinski definition) is 1. The standard InChI is InChI=1S/C23H23FN4O2/c1-15-4-6-17(7-5-15)13-25-22(30)23(3)14-27-20(12-16(2)26-27)21(29)28(23)19-10-8-18(24)9-11-19/h4-12H,13-14H2,1-3H3,(H,25,30). The third-order valence-corrected chi connectivity index (χ3v) is 5.42. The van der Waals surface area contributed by atoms with Crippen LogP contribution in [0.25, 0.3) is 0 Å². The van der Waals surface area contributed by atoms with E-state index in [1.54, 1.807) is 24.6 Å². The van der Waals surface area contributed by atoms with Gasteiger partial charge in [-0.25, -0.2) is 4.39 Å². The zero-order valence-corrected chi connectivity index (χ0v) is 17.1. The number of carbonyl (C=O) groups is 2. The van der Waals surface area contributed by atoms with E-state index in [2.05, 4.69) is 10.4 Å². The molecule has 1 atom stereocenters. The summed E-state index contributed by atoms with van der Waals surface area (Å²) in [6, 6.07) is 15.2. The predicted molar refractivity (Wildman–Crippen MR) is 112 cm³/mol. The van der Waals surface area contributed by atoms with Gasteiger partial charge in [-0.1, -0.05) is 29.8 Å². The summed E-state index contributed by atoms with van der Waals surface area (Å²) in [5, 5.41) is 7.33. The van der Waals surface area contributed by atoms with Gasteiger partial charge in [0.05, 0.1) is 12.2 Å². The first-order valence-corrected chi connectivity index (χ1v) is 9.76. The number of halogens is 1. The number of carbonyl (C=O) groups excluding carboxylic acids is 2. The first-order valence-electron chi connectivity index (χ1n) is 9.76. The Bertz CT molecular complexity index is 1110. The first-order chi connectivity index (χ1) is 14.3. The van der Waals surface area contributed by atoms with Crippen LogP contribution in [0.3, 0.4) is 0 Å². The lowest BCUT2D eigenvalue weighted by Gasteiger charge is -2.43. The average Bonchev–Trinajstić information content (AvgIpc) is 3.09. The van der Waals surface area contributed by atoms with E-state index in [-0.39, 0.29) is 18.4 Å². The Kier molecular flexibility index (Phi) is 4.89. The van der Waals surface area contributed by atoms with Crippen molar-refractivity contribution >= 4 is 17.5 Å². The summed E-state index contributed by atoms with van der Waals surface area (Å²) < 4.78 is 15.1. The van der Waals surface area contributed by atoms with Crippen LogP contribution < -0.4 is 10.2 Å². The SMILES string of the molecule is Cc1ccc(CNC(=O)C2(C)Cn3nc(C)cc3C(=O)N2c2ccc(F)cc2)cc1. The Hall–Kier alpha value is -3.48. The fourth-order valence-corrected chi connectivity index (χ4v) is 3.78. The normalized spacial score (nSPS) is 18.3. The third kappa shape index (κ3) is 3.47. The van der Waals surface area contributed by atoms with Crippen molar-refractivity contribution in [1.29, 1.82) is 0 Å². The lowest BCUT2D eigenvalue weighted by molar-refractivity contribution is -0.126. The molecule has 6 nitrogen and oxygen atoms in total. The number of anilines is 1. The van der Waals surface area contributed by atoms with Crippen LogP contribution in [0.1, 0.15) is 34.2 Å². The fraction of sp³-hybridized carbons (Fsp3) is 0.261. The highest BCUT2D eigenvalue weighted by atomic mass is 19.1. The van der Waals surface area contributed by atoms with Crippen molar-refractivity contribution < 1.29 is 14.0 Å². The minimum absolute atomic E-state index is 0.193. The maximum absolute atomic E-state index is 13.5. The summed E-state index contributed by atoms with van der Waals surface area (Å²) in [4.78, 5) is 28.1. The predicted octanol–water partition coefficient (Wildman–Crippen LogP) is 3.37. The summed E-state index contributed by atoms with van der Waals surface area (Å²) in [5.41, 5.74) is 2.43. The first kappa shape index (κ1) is 19.8. The van der Waals surface area contributed by atoms with Crippen LogP contribution in [0.15, 0.2) is 54.6 Å². The van der Waals surface area contributed by atoms with Gasteiger partial charge in [0.15, 0.2) is 0 Å². The minimum atomic E-state index is -1.23. The van der Waals surface area contributed by atoms with Crippen LogP contribution in [0, 0.1) is 19.7 Å². The molecule has 1 aromatic heterocycles. The highest BCUT2D eigenvalue weighted by Crippen LogP contribution is 2.33. The van der Waals surface area contributed by atoms with Gasteiger partial charge in [-0.3, -0.25) is 19.2 Å². The summed E-state index contributed by atoms with van der Waals surface area (Å²) >= 11 is 0. The molecule has 0 fully saturated rings. The number of hydrogen-bond acceptors (Lipinski definition) is 3. The van der Waals surface area contributed by atoms with Crippen molar-refractivity contribution in [3.8, 4) is 0 Å². The van der Waals surface area contributed by atoms with Crippen LogP contribution in [0.5, 0.6) is 0 Å². The van der Waals surface area contributed by atoms with Gasteiger partial charge in [0.2, 0.25) is 5.91 Å².